The van der Waals surface area contributed by atoms with Crippen LogP contribution in [0.4, 0.5) is 9.52 Å². The van der Waals surface area contributed by atoms with Crippen LogP contribution in [0.2, 0.25) is 0 Å². The third kappa shape index (κ3) is 5.58. The van der Waals surface area contributed by atoms with Crippen molar-refractivity contribution in [2.45, 2.75) is 32.1 Å². The van der Waals surface area contributed by atoms with Crippen molar-refractivity contribution in [3.8, 4) is 0 Å². The van der Waals surface area contributed by atoms with Gasteiger partial charge in [0.1, 0.15) is 5.82 Å². The maximum absolute atomic E-state index is 13.1. The zero-order chi connectivity index (χ0) is 19.3. The van der Waals surface area contributed by atoms with Crippen molar-refractivity contribution in [2.24, 2.45) is 5.92 Å². The number of thiazole rings is 1. The van der Waals surface area contributed by atoms with Crippen LogP contribution in [0, 0.1) is 18.7 Å². The molecule has 1 heterocycles. The van der Waals surface area contributed by atoms with E-state index in [0.29, 0.717) is 11.6 Å². The highest BCUT2D eigenvalue weighted by molar-refractivity contribution is 7.89. The van der Waals surface area contributed by atoms with E-state index >= 15 is 0 Å². The van der Waals surface area contributed by atoms with Crippen molar-refractivity contribution in [2.75, 3.05) is 18.4 Å². The van der Waals surface area contributed by atoms with E-state index < -0.39 is 21.7 Å². The topological polar surface area (TPSA) is 79.4 Å². The minimum atomic E-state index is -3.91. The Labute approximate surface area is 157 Å². The lowest BCUT2D eigenvalue weighted by molar-refractivity contribution is -0.116. The second kappa shape index (κ2) is 8.70. The van der Waals surface area contributed by atoms with Crippen LogP contribution in [0.25, 0.3) is 0 Å². The molecular formula is C17H22FN3O3S2. The number of nitrogens with zero attached hydrogens (tertiary/aromatic N) is 2. The lowest BCUT2D eigenvalue weighted by Gasteiger charge is -2.22. The Bertz CT molecular complexity index is 848. The molecule has 0 spiro atoms. The first-order valence-electron chi connectivity index (χ1n) is 8.16. The van der Waals surface area contributed by atoms with Crippen LogP contribution < -0.4 is 5.32 Å². The molecule has 6 nitrogen and oxygen atoms in total. The fourth-order valence-corrected chi connectivity index (χ4v) is 4.29. The Kier molecular flexibility index (Phi) is 6.85. The van der Waals surface area contributed by atoms with Gasteiger partial charge in [-0.2, -0.15) is 4.31 Å². The SMILES string of the molecule is Cc1csc(NC(=O)CN(CCC(C)C)S(=O)(=O)c2ccc(F)cc2)n1. The number of halogens is 1. The normalized spacial score (nSPS) is 11.9. The first-order chi connectivity index (χ1) is 12.2. The van der Waals surface area contributed by atoms with Gasteiger partial charge in [0.05, 0.1) is 17.1 Å². The Balaban J connectivity index is 2.18. The Morgan fingerprint density at radius 1 is 1.31 bits per heavy atom. The van der Waals surface area contributed by atoms with E-state index in [0.717, 1.165) is 22.1 Å². The summed E-state index contributed by atoms with van der Waals surface area (Å²) in [6, 6.07) is 4.59. The highest BCUT2D eigenvalue weighted by atomic mass is 32.2. The lowest BCUT2D eigenvalue weighted by atomic mass is 10.1. The number of carbonyl (C=O) groups is 1. The van der Waals surface area contributed by atoms with Crippen LogP contribution in [-0.2, 0) is 14.8 Å². The number of sulfonamides is 1. The maximum Gasteiger partial charge on any atom is 0.243 e. The smallest absolute Gasteiger partial charge is 0.243 e. The summed E-state index contributed by atoms with van der Waals surface area (Å²) in [5.74, 6) is -0.714. The van der Waals surface area contributed by atoms with E-state index in [1.54, 1.807) is 12.3 Å². The van der Waals surface area contributed by atoms with E-state index in [4.69, 9.17) is 0 Å². The van der Waals surface area contributed by atoms with Gasteiger partial charge >= 0.3 is 0 Å². The summed E-state index contributed by atoms with van der Waals surface area (Å²) in [6.07, 6.45) is 0.601. The van der Waals surface area contributed by atoms with Crippen molar-refractivity contribution >= 4 is 32.4 Å². The summed E-state index contributed by atoms with van der Waals surface area (Å²) in [5.41, 5.74) is 0.779. The molecule has 0 radical (unpaired) electrons. The van der Waals surface area contributed by atoms with Crippen LogP contribution >= 0.6 is 11.3 Å². The predicted octanol–water partition coefficient (Wildman–Crippen LogP) is 3.27. The van der Waals surface area contributed by atoms with Gasteiger partial charge in [-0.25, -0.2) is 17.8 Å². The molecular weight excluding hydrogens is 377 g/mol. The minimum Gasteiger partial charge on any atom is -0.301 e. The van der Waals surface area contributed by atoms with Crippen LogP contribution in [-0.4, -0.2) is 36.7 Å². The molecule has 9 heteroatoms. The summed E-state index contributed by atoms with van der Waals surface area (Å²) < 4.78 is 39.9. The molecule has 0 aliphatic heterocycles. The number of aryl methyl sites for hydroxylation is 1. The van der Waals surface area contributed by atoms with Gasteiger partial charge in [0.25, 0.3) is 0 Å². The van der Waals surface area contributed by atoms with Crippen molar-refractivity contribution in [1.29, 1.82) is 0 Å². The van der Waals surface area contributed by atoms with Gasteiger partial charge in [-0.1, -0.05) is 13.8 Å². The number of anilines is 1. The average molecular weight is 400 g/mol. The van der Waals surface area contributed by atoms with Gasteiger partial charge < -0.3 is 5.32 Å². The van der Waals surface area contributed by atoms with Crippen molar-refractivity contribution in [3.05, 3.63) is 41.2 Å². The molecule has 2 aromatic rings. The Hall–Kier alpha value is -1.84. The molecule has 1 amide bonds. The average Bonchev–Trinajstić information content (AvgIpc) is 2.96. The van der Waals surface area contributed by atoms with Crippen LogP contribution in [0.5, 0.6) is 0 Å². The molecule has 1 aromatic heterocycles. The molecule has 0 unspecified atom stereocenters. The number of rotatable bonds is 8. The third-order valence-corrected chi connectivity index (χ3v) is 6.33. The standard InChI is InChI=1S/C17H22FN3O3S2/c1-12(2)8-9-21(10-16(22)20-17-19-13(3)11-25-17)26(23,24)15-6-4-14(18)5-7-15/h4-7,11-12H,8-10H2,1-3H3,(H,19,20,22). The van der Waals surface area contributed by atoms with Gasteiger partial charge in [0.15, 0.2) is 5.13 Å². The van der Waals surface area contributed by atoms with E-state index in [1.165, 1.54) is 23.5 Å². The van der Waals surface area contributed by atoms with Crippen LogP contribution in [0.15, 0.2) is 34.5 Å². The Morgan fingerprint density at radius 3 is 2.50 bits per heavy atom. The molecule has 2 rings (SSSR count). The molecule has 0 saturated heterocycles. The van der Waals surface area contributed by atoms with E-state index in [1.807, 2.05) is 13.8 Å². The van der Waals surface area contributed by atoms with Gasteiger partial charge in [0, 0.05) is 11.9 Å². The largest absolute Gasteiger partial charge is 0.301 e. The number of hydrogen-bond acceptors (Lipinski definition) is 5. The molecule has 26 heavy (non-hydrogen) atoms. The van der Waals surface area contributed by atoms with Gasteiger partial charge in [-0.05, 0) is 43.5 Å². The fraction of sp³-hybridized carbons (Fsp3) is 0.412. The first-order valence-corrected chi connectivity index (χ1v) is 10.5. The first kappa shape index (κ1) is 20.5. The molecule has 0 aliphatic carbocycles. The van der Waals surface area contributed by atoms with E-state index in [9.17, 15) is 17.6 Å². The summed E-state index contributed by atoms with van der Waals surface area (Å²) >= 11 is 1.28. The fourth-order valence-electron chi connectivity index (χ4n) is 2.17. The highest BCUT2D eigenvalue weighted by Crippen LogP contribution is 2.19. The summed E-state index contributed by atoms with van der Waals surface area (Å²) in [5, 5.41) is 4.84. The van der Waals surface area contributed by atoms with Crippen LogP contribution in [0.1, 0.15) is 26.0 Å². The molecule has 0 aliphatic rings. The predicted molar refractivity (Wildman–Crippen MR) is 100 cm³/mol. The van der Waals surface area contributed by atoms with Gasteiger partial charge in [-0.15, -0.1) is 11.3 Å². The number of hydrogen-bond donors (Lipinski definition) is 1. The Morgan fingerprint density at radius 2 is 1.96 bits per heavy atom. The van der Waals surface area contributed by atoms with Gasteiger partial charge in [0.2, 0.25) is 15.9 Å². The summed E-state index contributed by atoms with van der Waals surface area (Å²) in [4.78, 5) is 16.4. The monoisotopic (exact) mass is 399 g/mol. The second-order valence-corrected chi connectivity index (χ2v) is 9.11. The van der Waals surface area contributed by atoms with Crippen molar-refractivity contribution in [3.63, 3.8) is 0 Å². The zero-order valence-electron chi connectivity index (χ0n) is 14.9. The number of carbonyl (C=O) groups excluding carboxylic acids is 1. The molecule has 142 valence electrons. The molecule has 0 saturated carbocycles. The highest BCUT2D eigenvalue weighted by Gasteiger charge is 2.27. The van der Waals surface area contributed by atoms with Crippen LogP contribution in [0.3, 0.4) is 0 Å². The number of benzene rings is 1. The molecule has 0 fully saturated rings. The molecule has 0 bridgehead atoms. The maximum atomic E-state index is 13.1. The van der Waals surface area contributed by atoms with Crippen molar-refractivity contribution in [1.82, 2.24) is 9.29 Å². The van der Waals surface area contributed by atoms with Gasteiger partial charge in [-0.3, -0.25) is 4.79 Å². The third-order valence-electron chi connectivity index (χ3n) is 3.59. The minimum absolute atomic E-state index is 0.0412. The zero-order valence-corrected chi connectivity index (χ0v) is 16.5. The van der Waals surface area contributed by atoms with Crippen molar-refractivity contribution < 1.29 is 17.6 Å². The number of aromatic nitrogens is 1. The molecule has 0 atom stereocenters. The summed E-state index contributed by atoms with van der Waals surface area (Å²) in [6.45, 7) is 5.62. The van der Waals surface area contributed by atoms with E-state index in [2.05, 4.69) is 10.3 Å². The quantitative estimate of drug-likeness (QED) is 0.739. The number of amides is 1. The molecule has 1 aromatic carbocycles. The number of nitrogens with one attached hydrogen (secondary N) is 1. The second-order valence-electron chi connectivity index (χ2n) is 6.32. The summed E-state index contributed by atoms with van der Waals surface area (Å²) in [7, 11) is -3.91. The lowest BCUT2D eigenvalue weighted by Crippen LogP contribution is -2.39. The molecule has 1 N–H and O–H groups in total. The van der Waals surface area contributed by atoms with E-state index in [-0.39, 0.29) is 23.9 Å².